The Labute approximate surface area is 149 Å². The fourth-order valence-electron chi connectivity index (χ4n) is 2.56. The van der Waals surface area contributed by atoms with E-state index in [1.165, 1.54) is 93.8 Å². The summed E-state index contributed by atoms with van der Waals surface area (Å²) in [4.78, 5) is 22.1. The van der Waals surface area contributed by atoms with E-state index < -0.39 is 4.92 Å². The topological polar surface area (TPSA) is 60.2 Å². The normalized spacial score (nSPS) is 10.7. The number of thioether (sulfide) groups is 1. The van der Waals surface area contributed by atoms with Gasteiger partial charge in [-0.1, -0.05) is 76.5 Å². The minimum atomic E-state index is -0.453. The van der Waals surface area contributed by atoms with Gasteiger partial charge in [-0.3, -0.25) is 14.9 Å². The van der Waals surface area contributed by atoms with E-state index in [2.05, 4.69) is 6.92 Å². The molecule has 0 aliphatic carbocycles. The Morgan fingerprint density at radius 3 is 1.92 bits per heavy atom. The largest absolute Gasteiger partial charge is 0.282 e. The first kappa shape index (κ1) is 20.7. The predicted octanol–water partition coefficient (Wildman–Crippen LogP) is 6.39. The highest BCUT2D eigenvalue weighted by molar-refractivity contribution is 8.14. The van der Waals surface area contributed by atoms with Crippen LogP contribution in [0.2, 0.25) is 0 Å². The number of hydrogen-bond donors (Lipinski definition) is 0. The van der Waals surface area contributed by atoms with Gasteiger partial charge in [-0.25, -0.2) is 0 Å². The van der Waals surface area contributed by atoms with Crippen LogP contribution in [0.3, 0.4) is 0 Å². The molecule has 0 N–H and O–H groups in total. The Morgan fingerprint density at radius 1 is 0.917 bits per heavy atom. The van der Waals surface area contributed by atoms with Gasteiger partial charge in [0.15, 0.2) is 0 Å². The summed E-state index contributed by atoms with van der Waals surface area (Å²) in [5.74, 6) is 0.826. The zero-order chi connectivity index (χ0) is 17.6. The molecule has 1 rings (SSSR count). The van der Waals surface area contributed by atoms with Crippen molar-refractivity contribution >= 4 is 22.6 Å². The van der Waals surface area contributed by atoms with Gasteiger partial charge in [0.1, 0.15) is 0 Å². The highest BCUT2D eigenvalue weighted by Crippen LogP contribution is 2.18. The first-order valence-electron chi connectivity index (χ1n) is 9.06. The van der Waals surface area contributed by atoms with Crippen molar-refractivity contribution in [2.75, 3.05) is 5.75 Å². The van der Waals surface area contributed by atoms with Gasteiger partial charge in [-0.2, -0.15) is 0 Å². The molecule has 0 amide bonds. The van der Waals surface area contributed by atoms with Gasteiger partial charge in [0, 0.05) is 23.4 Å². The van der Waals surface area contributed by atoms with Crippen LogP contribution >= 0.6 is 11.8 Å². The summed E-state index contributed by atoms with van der Waals surface area (Å²) in [6.07, 6.45) is 12.9. The molecule has 0 aliphatic rings. The highest BCUT2D eigenvalue weighted by atomic mass is 32.2. The maximum Gasteiger partial charge on any atom is 0.269 e. The average Bonchev–Trinajstić information content (AvgIpc) is 2.59. The van der Waals surface area contributed by atoms with Crippen LogP contribution in [0.4, 0.5) is 5.69 Å². The van der Waals surface area contributed by atoms with E-state index >= 15 is 0 Å². The summed E-state index contributed by atoms with van der Waals surface area (Å²) < 4.78 is 0. The predicted molar refractivity (Wildman–Crippen MR) is 102 cm³/mol. The molecular weight excluding hydrogens is 322 g/mol. The van der Waals surface area contributed by atoms with Crippen molar-refractivity contribution in [2.24, 2.45) is 0 Å². The molecular formula is C19H29NO3S. The molecule has 0 saturated carbocycles. The van der Waals surface area contributed by atoms with Crippen molar-refractivity contribution < 1.29 is 9.72 Å². The Kier molecular flexibility index (Phi) is 11.2. The molecule has 4 nitrogen and oxygen atoms in total. The van der Waals surface area contributed by atoms with E-state index in [1.54, 1.807) is 0 Å². The minimum Gasteiger partial charge on any atom is -0.282 e. The van der Waals surface area contributed by atoms with E-state index in [0.717, 1.165) is 12.2 Å². The molecule has 0 fully saturated rings. The van der Waals surface area contributed by atoms with Crippen LogP contribution in [0, 0.1) is 10.1 Å². The third-order valence-electron chi connectivity index (χ3n) is 4.04. The van der Waals surface area contributed by atoms with E-state index in [-0.39, 0.29) is 10.8 Å². The quantitative estimate of drug-likeness (QED) is 0.235. The summed E-state index contributed by atoms with van der Waals surface area (Å²) in [5.41, 5.74) is 0.559. The number of non-ortho nitro benzene ring substituents is 1. The van der Waals surface area contributed by atoms with Gasteiger partial charge in [-0.05, 0) is 18.6 Å². The second-order valence-electron chi connectivity index (χ2n) is 6.12. The van der Waals surface area contributed by atoms with Gasteiger partial charge in [0.25, 0.3) is 5.69 Å². The van der Waals surface area contributed by atoms with Crippen molar-refractivity contribution in [1.82, 2.24) is 0 Å². The number of carbonyl (C=O) groups excluding carboxylic acids is 1. The second-order valence-corrected chi connectivity index (χ2v) is 7.19. The van der Waals surface area contributed by atoms with Crippen molar-refractivity contribution in [3.05, 3.63) is 39.9 Å². The van der Waals surface area contributed by atoms with E-state index in [1.807, 2.05) is 0 Å². The maximum absolute atomic E-state index is 12.0. The first-order chi connectivity index (χ1) is 11.6. The van der Waals surface area contributed by atoms with Crippen molar-refractivity contribution in [3.63, 3.8) is 0 Å². The van der Waals surface area contributed by atoms with Crippen LogP contribution in [-0.2, 0) is 0 Å². The zero-order valence-electron chi connectivity index (χ0n) is 14.7. The summed E-state index contributed by atoms with van der Waals surface area (Å²) in [7, 11) is 0. The number of rotatable bonds is 13. The average molecular weight is 352 g/mol. The highest BCUT2D eigenvalue weighted by Gasteiger charge is 2.09. The molecule has 1 aromatic carbocycles. The molecule has 5 heteroatoms. The summed E-state index contributed by atoms with van der Waals surface area (Å²) in [5, 5.41) is 10.6. The van der Waals surface area contributed by atoms with Crippen LogP contribution in [0.1, 0.15) is 81.5 Å². The Balaban J connectivity index is 2.02. The van der Waals surface area contributed by atoms with Gasteiger partial charge in [0.2, 0.25) is 5.12 Å². The Bertz CT molecular complexity index is 488. The lowest BCUT2D eigenvalue weighted by molar-refractivity contribution is -0.384. The van der Waals surface area contributed by atoms with E-state index in [9.17, 15) is 14.9 Å². The summed E-state index contributed by atoms with van der Waals surface area (Å²) in [6.45, 7) is 2.24. The second kappa shape index (κ2) is 13.0. The number of unbranched alkanes of at least 4 members (excludes halogenated alkanes) is 9. The Morgan fingerprint density at radius 2 is 1.42 bits per heavy atom. The van der Waals surface area contributed by atoms with Crippen LogP contribution in [0.5, 0.6) is 0 Å². The van der Waals surface area contributed by atoms with Crippen LogP contribution < -0.4 is 0 Å². The molecule has 0 spiro atoms. The van der Waals surface area contributed by atoms with Gasteiger partial charge < -0.3 is 0 Å². The summed E-state index contributed by atoms with van der Waals surface area (Å²) >= 11 is 1.31. The third kappa shape index (κ3) is 9.06. The number of benzene rings is 1. The lowest BCUT2D eigenvalue weighted by Gasteiger charge is -2.03. The lowest BCUT2D eigenvalue weighted by atomic mass is 10.1. The van der Waals surface area contributed by atoms with E-state index in [4.69, 9.17) is 0 Å². The molecule has 0 unspecified atom stereocenters. The number of nitrogens with zero attached hydrogens (tertiary/aromatic N) is 1. The molecule has 0 heterocycles. The van der Waals surface area contributed by atoms with Crippen LogP contribution in [-0.4, -0.2) is 15.8 Å². The molecule has 1 aromatic rings. The standard InChI is InChI=1S/C19H29NO3S/c1-2-3-4-5-6-7-8-9-10-11-16-24-19(21)17-12-14-18(15-13-17)20(22)23/h12-15H,2-11,16H2,1H3. The van der Waals surface area contributed by atoms with Crippen LogP contribution in [0.25, 0.3) is 0 Å². The van der Waals surface area contributed by atoms with Crippen molar-refractivity contribution in [1.29, 1.82) is 0 Å². The zero-order valence-corrected chi connectivity index (χ0v) is 15.5. The molecule has 0 aromatic heterocycles. The number of nitro benzene ring substituents is 1. The molecule has 0 saturated heterocycles. The van der Waals surface area contributed by atoms with Gasteiger partial charge >= 0.3 is 0 Å². The van der Waals surface area contributed by atoms with E-state index in [0.29, 0.717) is 5.56 Å². The van der Waals surface area contributed by atoms with Crippen molar-refractivity contribution in [2.45, 2.75) is 71.1 Å². The molecule has 0 aliphatic heterocycles. The molecule has 24 heavy (non-hydrogen) atoms. The fraction of sp³-hybridized carbons (Fsp3) is 0.632. The molecule has 0 radical (unpaired) electrons. The monoisotopic (exact) mass is 351 g/mol. The number of nitro groups is 1. The number of hydrogen-bond acceptors (Lipinski definition) is 4. The molecule has 0 bridgehead atoms. The molecule has 134 valence electrons. The van der Waals surface area contributed by atoms with Gasteiger partial charge in [0.05, 0.1) is 4.92 Å². The first-order valence-corrected chi connectivity index (χ1v) is 10.0. The van der Waals surface area contributed by atoms with Gasteiger partial charge in [-0.15, -0.1) is 0 Å². The maximum atomic E-state index is 12.0. The summed E-state index contributed by atoms with van der Waals surface area (Å²) in [6, 6.07) is 5.83. The van der Waals surface area contributed by atoms with Crippen molar-refractivity contribution in [3.8, 4) is 0 Å². The lowest BCUT2D eigenvalue weighted by Crippen LogP contribution is -1.96. The third-order valence-corrected chi connectivity index (χ3v) is 5.04. The number of carbonyl (C=O) groups is 1. The Hall–Kier alpha value is -1.36. The minimum absolute atomic E-state index is 0.000761. The SMILES string of the molecule is CCCCCCCCCCCCSC(=O)c1ccc([N+](=O)[O-])cc1. The molecule has 0 atom stereocenters. The fourth-order valence-corrected chi connectivity index (χ4v) is 3.39. The van der Waals surface area contributed by atoms with Crippen LogP contribution in [0.15, 0.2) is 24.3 Å². The smallest absolute Gasteiger partial charge is 0.269 e.